The molecule has 0 unspecified atom stereocenters. The van der Waals surface area contributed by atoms with Crippen molar-refractivity contribution in [1.29, 1.82) is 0 Å². The van der Waals surface area contributed by atoms with Crippen LogP contribution in [0.1, 0.15) is 26.3 Å². The molecule has 0 spiro atoms. The number of ether oxygens (including phenoxy) is 3. The minimum Gasteiger partial charge on any atom is -0.493 e. The first kappa shape index (κ1) is 18.6. The fourth-order valence-electron chi connectivity index (χ4n) is 2.25. The monoisotopic (exact) mass is 363 g/mol. The molecule has 0 saturated heterocycles. The number of methoxy groups -OCH3 is 3. The molecule has 0 radical (unpaired) electrons. The third-order valence-corrected chi connectivity index (χ3v) is 3.88. The summed E-state index contributed by atoms with van der Waals surface area (Å²) >= 11 is 6.13. The third kappa shape index (κ3) is 4.03. The molecular formula is C18H18ClNO5. The molecule has 132 valence electrons. The highest BCUT2D eigenvalue weighted by atomic mass is 35.5. The minimum absolute atomic E-state index is 0.257. The molecule has 7 heteroatoms. The number of carbonyl (C=O) groups excluding carboxylic acids is 2. The predicted octanol–water partition coefficient (Wildman–Crippen LogP) is 3.70. The maximum Gasteiger partial charge on any atom is 0.337 e. The van der Waals surface area contributed by atoms with Gasteiger partial charge >= 0.3 is 5.97 Å². The van der Waals surface area contributed by atoms with Crippen LogP contribution in [-0.4, -0.2) is 33.2 Å². The van der Waals surface area contributed by atoms with E-state index < -0.39 is 11.9 Å². The van der Waals surface area contributed by atoms with Crippen LogP contribution in [0.25, 0.3) is 0 Å². The van der Waals surface area contributed by atoms with Crippen LogP contribution in [0.2, 0.25) is 5.02 Å². The highest BCUT2D eigenvalue weighted by Gasteiger charge is 2.16. The lowest BCUT2D eigenvalue weighted by atomic mass is 10.1. The van der Waals surface area contributed by atoms with E-state index in [2.05, 4.69) is 5.32 Å². The Morgan fingerprint density at radius 3 is 2.32 bits per heavy atom. The van der Waals surface area contributed by atoms with Crippen molar-refractivity contribution in [2.24, 2.45) is 0 Å². The van der Waals surface area contributed by atoms with Gasteiger partial charge in [0.25, 0.3) is 5.91 Å². The predicted molar refractivity (Wildman–Crippen MR) is 95.0 cm³/mol. The van der Waals surface area contributed by atoms with Gasteiger partial charge in [-0.05, 0) is 36.8 Å². The number of hydrogen-bond donors (Lipinski definition) is 1. The van der Waals surface area contributed by atoms with Crippen LogP contribution in [0.15, 0.2) is 30.3 Å². The van der Waals surface area contributed by atoms with Gasteiger partial charge in [-0.25, -0.2) is 4.79 Å². The van der Waals surface area contributed by atoms with Gasteiger partial charge in [0.15, 0.2) is 11.5 Å². The first-order valence-corrected chi connectivity index (χ1v) is 7.71. The summed E-state index contributed by atoms with van der Waals surface area (Å²) in [6, 6.07) is 7.92. The largest absolute Gasteiger partial charge is 0.493 e. The number of aryl methyl sites for hydroxylation is 1. The summed E-state index contributed by atoms with van der Waals surface area (Å²) in [5.74, 6) is -0.178. The van der Waals surface area contributed by atoms with Gasteiger partial charge in [-0.2, -0.15) is 0 Å². The van der Waals surface area contributed by atoms with Crippen molar-refractivity contribution in [1.82, 2.24) is 0 Å². The summed E-state index contributed by atoms with van der Waals surface area (Å²) in [6.45, 7) is 1.82. The van der Waals surface area contributed by atoms with Gasteiger partial charge in [0.2, 0.25) is 0 Å². The SMILES string of the molecule is COC(=O)c1ccc(C)c(NC(=O)c2cc(Cl)c(OC)c(OC)c2)c1. The Morgan fingerprint density at radius 1 is 1.00 bits per heavy atom. The second-order valence-corrected chi connectivity index (χ2v) is 5.58. The van der Waals surface area contributed by atoms with E-state index in [-0.39, 0.29) is 5.02 Å². The molecule has 0 bridgehead atoms. The van der Waals surface area contributed by atoms with Crippen molar-refractivity contribution in [3.8, 4) is 11.5 Å². The van der Waals surface area contributed by atoms with Crippen LogP contribution >= 0.6 is 11.6 Å². The number of esters is 1. The summed E-state index contributed by atoms with van der Waals surface area (Å²) in [5, 5.41) is 3.02. The summed E-state index contributed by atoms with van der Waals surface area (Å²) < 4.78 is 15.0. The molecular weight excluding hydrogens is 346 g/mol. The molecule has 6 nitrogen and oxygen atoms in total. The Bertz CT molecular complexity index is 819. The molecule has 0 aromatic heterocycles. The highest BCUT2D eigenvalue weighted by molar-refractivity contribution is 6.32. The van der Waals surface area contributed by atoms with Crippen LogP contribution < -0.4 is 14.8 Å². The molecule has 0 atom stereocenters. The molecule has 0 saturated carbocycles. The minimum atomic E-state index is -0.482. The van der Waals surface area contributed by atoms with Crippen LogP contribution in [-0.2, 0) is 4.74 Å². The first-order chi connectivity index (χ1) is 11.9. The van der Waals surface area contributed by atoms with Crippen molar-refractivity contribution in [2.75, 3.05) is 26.6 Å². The molecule has 0 aliphatic rings. The smallest absolute Gasteiger partial charge is 0.337 e. The molecule has 25 heavy (non-hydrogen) atoms. The van der Waals surface area contributed by atoms with Crippen LogP contribution in [0.3, 0.4) is 0 Å². The molecule has 0 aliphatic carbocycles. The van der Waals surface area contributed by atoms with Crippen molar-refractivity contribution < 1.29 is 23.8 Å². The molecule has 2 aromatic rings. The number of benzene rings is 2. The Hall–Kier alpha value is -2.73. The zero-order valence-electron chi connectivity index (χ0n) is 14.3. The normalized spacial score (nSPS) is 10.1. The van der Waals surface area contributed by atoms with Gasteiger partial charge in [0, 0.05) is 11.3 Å². The fourth-order valence-corrected chi connectivity index (χ4v) is 2.53. The van der Waals surface area contributed by atoms with Crippen molar-refractivity contribution in [2.45, 2.75) is 6.92 Å². The van der Waals surface area contributed by atoms with Gasteiger partial charge < -0.3 is 19.5 Å². The van der Waals surface area contributed by atoms with Crippen LogP contribution in [0.5, 0.6) is 11.5 Å². The topological polar surface area (TPSA) is 73.9 Å². The Morgan fingerprint density at radius 2 is 1.72 bits per heavy atom. The zero-order valence-corrected chi connectivity index (χ0v) is 15.1. The molecule has 0 aliphatic heterocycles. The maximum absolute atomic E-state index is 12.6. The second kappa shape index (κ2) is 7.90. The average Bonchev–Trinajstić information content (AvgIpc) is 2.61. The molecule has 0 heterocycles. The first-order valence-electron chi connectivity index (χ1n) is 7.33. The van der Waals surface area contributed by atoms with Gasteiger partial charge in [-0.1, -0.05) is 17.7 Å². The van der Waals surface area contributed by atoms with Gasteiger partial charge in [-0.3, -0.25) is 4.79 Å². The van der Waals surface area contributed by atoms with E-state index in [0.29, 0.717) is 28.3 Å². The number of halogens is 1. The van der Waals surface area contributed by atoms with Crippen molar-refractivity contribution >= 4 is 29.2 Å². The molecule has 0 fully saturated rings. The van der Waals surface area contributed by atoms with Crippen molar-refractivity contribution in [3.63, 3.8) is 0 Å². The lowest BCUT2D eigenvalue weighted by molar-refractivity contribution is 0.0600. The van der Waals surface area contributed by atoms with Crippen molar-refractivity contribution in [3.05, 3.63) is 52.0 Å². The number of amides is 1. The Kier molecular flexibility index (Phi) is 5.88. The quantitative estimate of drug-likeness (QED) is 0.820. The van der Waals surface area contributed by atoms with E-state index in [1.807, 2.05) is 6.92 Å². The number of hydrogen-bond acceptors (Lipinski definition) is 5. The number of rotatable bonds is 5. The summed E-state index contributed by atoms with van der Waals surface area (Å²) in [5.41, 5.74) is 1.94. The molecule has 2 aromatic carbocycles. The van der Waals surface area contributed by atoms with Gasteiger partial charge in [-0.15, -0.1) is 0 Å². The number of anilines is 1. The van der Waals surface area contributed by atoms with Gasteiger partial charge in [0.1, 0.15) is 0 Å². The van der Waals surface area contributed by atoms with Crippen LogP contribution in [0, 0.1) is 6.92 Å². The Balaban J connectivity index is 2.34. The number of carbonyl (C=O) groups is 2. The van der Waals surface area contributed by atoms with E-state index in [1.165, 1.54) is 33.5 Å². The Labute approximate surface area is 150 Å². The lowest BCUT2D eigenvalue weighted by Gasteiger charge is -2.13. The van der Waals surface area contributed by atoms with E-state index in [0.717, 1.165) is 5.56 Å². The van der Waals surface area contributed by atoms with E-state index >= 15 is 0 Å². The van der Waals surface area contributed by atoms with Gasteiger partial charge in [0.05, 0.1) is 31.9 Å². The number of nitrogens with one attached hydrogen (secondary N) is 1. The molecule has 1 amide bonds. The summed E-state index contributed by atoms with van der Waals surface area (Å²) in [4.78, 5) is 24.2. The second-order valence-electron chi connectivity index (χ2n) is 5.17. The molecule has 2 rings (SSSR count). The third-order valence-electron chi connectivity index (χ3n) is 3.60. The standard InChI is InChI=1S/C18H18ClNO5/c1-10-5-6-11(18(22)25-4)8-14(10)20-17(21)12-7-13(19)16(24-3)15(9-12)23-2/h5-9H,1-4H3,(H,20,21). The molecule has 1 N–H and O–H groups in total. The van der Waals surface area contributed by atoms with E-state index in [4.69, 9.17) is 25.8 Å². The van der Waals surface area contributed by atoms with E-state index in [9.17, 15) is 9.59 Å². The van der Waals surface area contributed by atoms with Crippen LogP contribution in [0.4, 0.5) is 5.69 Å². The lowest BCUT2D eigenvalue weighted by Crippen LogP contribution is -2.14. The zero-order chi connectivity index (χ0) is 18.6. The summed E-state index contributed by atoms with van der Waals surface area (Å²) in [6.07, 6.45) is 0. The summed E-state index contributed by atoms with van der Waals surface area (Å²) in [7, 11) is 4.22. The average molecular weight is 364 g/mol. The highest BCUT2D eigenvalue weighted by Crippen LogP contribution is 2.36. The van der Waals surface area contributed by atoms with E-state index in [1.54, 1.807) is 18.2 Å². The maximum atomic E-state index is 12.6. The fraction of sp³-hybridized carbons (Fsp3) is 0.222.